The highest BCUT2D eigenvalue weighted by Crippen LogP contribution is 2.39. The van der Waals surface area contributed by atoms with Gasteiger partial charge in [0.2, 0.25) is 5.75 Å². The second kappa shape index (κ2) is 6.12. The van der Waals surface area contributed by atoms with Crippen molar-refractivity contribution in [3.63, 3.8) is 0 Å². The molecular formula is C14H21NO4. The van der Waals surface area contributed by atoms with Crippen molar-refractivity contribution in [2.24, 2.45) is 0 Å². The van der Waals surface area contributed by atoms with Crippen molar-refractivity contribution in [3.05, 3.63) is 17.7 Å². The summed E-state index contributed by atoms with van der Waals surface area (Å²) >= 11 is 0. The highest BCUT2D eigenvalue weighted by Gasteiger charge is 2.22. The number of rotatable bonds is 6. The Bertz CT molecular complexity index is 406. The highest BCUT2D eigenvalue weighted by atomic mass is 16.5. The third-order valence-electron chi connectivity index (χ3n) is 3.31. The molecule has 0 amide bonds. The minimum atomic E-state index is 0.197. The average molecular weight is 267 g/mol. The van der Waals surface area contributed by atoms with E-state index in [1.807, 2.05) is 12.1 Å². The van der Waals surface area contributed by atoms with Crippen LogP contribution in [0.25, 0.3) is 0 Å². The zero-order valence-electron chi connectivity index (χ0n) is 11.9. The summed E-state index contributed by atoms with van der Waals surface area (Å²) in [6.07, 6.45) is 0. The molecule has 1 heterocycles. The second-order valence-corrected chi connectivity index (χ2v) is 4.58. The number of benzene rings is 1. The molecule has 5 nitrogen and oxygen atoms in total. The smallest absolute Gasteiger partial charge is 0.203 e. The van der Waals surface area contributed by atoms with E-state index in [0.29, 0.717) is 23.3 Å². The predicted octanol–water partition coefficient (Wildman–Crippen LogP) is 1.76. The molecule has 1 unspecified atom stereocenters. The van der Waals surface area contributed by atoms with E-state index in [-0.39, 0.29) is 6.04 Å². The average Bonchev–Trinajstić information content (AvgIpc) is 2.40. The first-order valence-corrected chi connectivity index (χ1v) is 6.33. The van der Waals surface area contributed by atoms with Gasteiger partial charge in [0.1, 0.15) is 0 Å². The second-order valence-electron chi connectivity index (χ2n) is 4.58. The Kier molecular flexibility index (Phi) is 4.50. The lowest BCUT2D eigenvalue weighted by molar-refractivity contribution is -0.00926. The van der Waals surface area contributed by atoms with Crippen LogP contribution in [0.5, 0.6) is 17.2 Å². The monoisotopic (exact) mass is 267 g/mol. The fourth-order valence-corrected chi connectivity index (χ4v) is 2.13. The van der Waals surface area contributed by atoms with Gasteiger partial charge in [0.05, 0.1) is 40.6 Å². The molecule has 0 aromatic heterocycles. The van der Waals surface area contributed by atoms with Crippen LogP contribution in [-0.2, 0) is 4.74 Å². The van der Waals surface area contributed by atoms with E-state index in [9.17, 15) is 0 Å². The van der Waals surface area contributed by atoms with Crippen LogP contribution in [0.4, 0.5) is 0 Å². The number of nitrogens with one attached hydrogen (secondary N) is 1. The number of hydrogen-bond donors (Lipinski definition) is 1. The van der Waals surface area contributed by atoms with Gasteiger partial charge in [0.15, 0.2) is 11.5 Å². The van der Waals surface area contributed by atoms with E-state index in [1.165, 1.54) is 0 Å². The summed E-state index contributed by atoms with van der Waals surface area (Å²) in [7, 11) is 4.85. The lowest BCUT2D eigenvalue weighted by Gasteiger charge is -2.30. The molecule has 0 radical (unpaired) electrons. The van der Waals surface area contributed by atoms with Crippen LogP contribution < -0.4 is 19.5 Å². The number of hydrogen-bond acceptors (Lipinski definition) is 5. The lowest BCUT2D eigenvalue weighted by atomic mass is 10.1. The van der Waals surface area contributed by atoms with Gasteiger partial charge in [-0.3, -0.25) is 0 Å². The maximum atomic E-state index is 5.36. The van der Waals surface area contributed by atoms with Gasteiger partial charge < -0.3 is 24.3 Å². The largest absolute Gasteiger partial charge is 0.493 e. The summed E-state index contributed by atoms with van der Waals surface area (Å²) in [4.78, 5) is 0. The topological polar surface area (TPSA) is 49.0 Å². The lowest BCUT2D eigenvalue weighted by Crippen LogP contribution is -2.46. The van der Waals surface area contributed by atoms with E-state index in [4.69, 9.17) is 18.9 Å². The Morgan fingerprint density at radius 3 is 2.05 bits per heavy atom. The molecule has 1 aliphatic heterocycles. The van der Waals surface area contributed by atoms with E-state index < -0.39 is 0 Å². The number of ether oxygens (including phenoxy) is 4. The van der Waals surface area contributed by atoms with Gasteiger partial charge in [0, 0.05) is 6.04 Å². The minimum Gasteiger partial charge on any atom is -0.493 e. The van der Waals surface area contributed by atoms with Crippen molar-refractivity contribution in [2.75, 3.05) is 34.5 Å². The molecule has 19 heavy (non-hydrogen) atoms. The third-order valence-corrected chi connectivity index (χ3v) is 3.31. The Hall–Kier alpha value is -1.46. The van der Waals surface area contributed by atoms with Gasteiger partial charge in [0.25, 0.3) is 0 Å². The first-order valence-electron chi connectivity index (χ1n) is 6.33. The fraction of sp³-hybridized carbons (Fsp3) is 0.571. The highest BCUT2D eigenvalue weighted by molar-refractivity contribution is 5.54. The van der Waals surface area contributed by atoms with Gasteiger partial charge in [-0.25, -0.2) is 0 Å². The Morgan fingerprint density at radius 2 is 1.68 bits per heavy atom. The molecule has 0 saturated carbocycles. The van der Waals surface area contributed by atoms with Crippen LogP contribution in [0, 0.1) is 0 Å². The van der Waals surface area contributed by atoms with Crippen molar-refractivity contribution in [3.8, 4) is 17.2 Å². The van der Waals surface area contributed by atoms with Crippen LogP contribution in [0.15, 0.2) is 12.1 Å². The standard InChI is InChI=1S/C14H21NO4/c1-9(15-11-7-19-8-11)10-5-12(16-2)14(18-4)13(6-10)17-3/h5-6,9,11,15H,7-8H2,1-4H3. The Balaban J connectivity index is 2.23. The molecule has 1 atom stereocenters. The van der Waals surface area contributed by atoms with Gasteiger partial charge in [-0.15, -0.1) is 0 Å². The molecule has 0 aliphatic carbocycles. The summed E-state index contributed by atoms with van der Waals surface area (Å²) < 4.78 is 21.2. The zero-order valence-corrected chi connectivity index (χ0v) is 11.9. The first-order chi connectivity index (χ1) is 9.19. The molecule has 1 aliphatic rings. The molecule has 0 spiro atoms. The summed E-state index contributed by atoms with van der Waals surface area (Å²) in [5.74, 6) is 1.97. The maximum Gasteiger partial charge on any atom is 0.203 e. The number of methoxy groups -OCH3 is 3. The van der Waals surface area contributed by atoms with Crippen molar-refractivity contribution in [2.45, 2.75) is 19.0 Å². The quantitative estimate of drug-likeness (QED) is 0.851. The molecular weight excluding hydrogens is 246 g/mol. The summed E-state index contributed by atoms with van der Waals surface area (Å²) in [6.45, 7) is 3.66. The normalized spacial score (nSPS) is 16.6. The van der Waals surface area contributed by atoms with Crippen molar-refractivity contribution >= 4 is 0 Å². The Labute approximate surface area is 113 Å². The van der Waals surface area contributed by atoms with Gasteiger partial charge >= 0.3 is 0 Å². The fourth-order valence-electron chi connectivity index (χ4n) is 2.13. The first kappa shape index (κ1) is 14.0. The van der Waals surface area contributed by atoms with E-state index in [0.717, 1.165) is 18.8 Å². The van der Waals surface area contributed by atoms with E-state index in [2.05, 4.69) is 12.2 Å². The molecule has 2 rings (SSSR count). The van der Waals surface area contributed by atoms with Crippen molar-refractivity contribution in [1.29, 1.82) is 0 Å². The molecule has 1 N–H and O–H groups in total. The zero-order chi connectivity index (χ0) is 13.8. The molecule has 1 aromatic rings. The van der Waals surface area contributed by atoms with Gasteiger partial charge in [-0.1, -0.05) is 0 Å². The molecule has 5 heteroatoms. The maximum absolute atomic E-state index is 5.36. The van der Waals surface area contributed by atoms with Crippen molar-refractivity contribution in [1.82, 2.24) is 5.32 Å². The van der Waals surface area contributed by atoms with Crippen molar-refractivity contribution < 1.29 is 18.9 Å². The van der Waals surface area contributed by atoms with E-state index >= 15 is 0 Å². The van der Waals surface area contributed by atoms with Crippen LogP contribution in [0.2, 0.25) is 0 Å². The third kappa shape index (κ3) is 2.93. The predicted molar refractivity (Wildman–Crippen MR) is 72.3 cm³/mol. The summed E-state index contributed by atoms with van der Waals surface area (Å²) in [6, 6.07) is 4.56. The van der Waals surface area contributed by atoms with Crippen LogP contribution in [0.3, 0.4) is 0 Å². The molecule has 0 bridgehead atoms. The van der Waals surface area contributed by atoms with Crippen LogP contribution in [0.1, 0.15) is 18.5 Å². The Morgan fingerprint density at radius 1 is 1.11 bits per heavy atom. The minimum absolute atomic E-state index is 0.197. The molecule has 1 fully saturated rings. The van der Waals surface area contributed by atoms with Gasteiger partial charge in [-0.2, -0.15) is 0 Å². The molecule has 106 valence electrons. The van der Waals surface area contributed by atoms with Crippen LogP contribution >= 0.6 is 0 Å². The molecule has 1 aromatic carbocycles. The van der Waals surface area contributed by atoms with E-state index in [1.54, 1.807) is 21.3 Å². The molecule has 1 saturated heterocycles. The SMILES string of the molecule is COc1cc(C(C)NC2COC2)cc(OC)c1OC. The van der Waals surface area contributed by atoms with Gasteiger partial charge in [-0.05, 0) is 24.6 Å². The summed E-state index contributed by atoms with van der Waals surface area (Å²) in [5.41, 5.74) is 1.10. The summed E-state index contributed by atoms with van der Waals surface area (Å²) in [5, 5.41) is 3.50. The van der Waals surface area contributed by atoms with Crippen LogP contribution in [-0.4, -0.2) is 40.6 Å².